The fourth-order valence-corrected chi connectivity index (χ4v) is 3.46. The minimum atomic E-state index is -0.178. The Morgan fingerprint density at radius 3 is 2.77 bits per heavy atom. The lowest BCUT2D eigenvalue weighted by Gasteiger charge is -2.04. The van der Waals surface area contributed by atoms with Crippen molar-refractivity contribution in [2.45, 2.75) is 13.5 Å². The van der Waals surface area contributed by atoms with Gasteiger partial charge in [-0.2, -0.15) is 5.10 Å². The predicted octanol–water partition coefficient (Wildman–Crippen LogP) is 3.20. The summed E-state index contributed by atoms with van der Waals surface area (Å²) in [7, 11) is 1.73. The molecule has 0 fully saturated rings. The van der Waals surface area contributed by atoms with Crippen molar-refractivity contribution in [3.8, 4) is 11.5 Å². The number of halogens is 1. The second-order valence-electron chi connectivity index (χ2n) is 6.87. The highest BCUT2D eigenvalue weighted by Gasteiger charge is 2.14. The van der Waals surface area contributed by atoms with E-state index in [4.69, 9.17) is 16.3 Å². The van der Waals surface area contributed by atoms with Gasteiger partial charge in [0.1, 0.15) is 22.8 Å². The van der Waals surface area contributed by atoms with Gasteiger partial charge < -0.3 is 9.72 Å². The zero-order valence-electron chi connectivity index (χ0n) is 16.1. The highest BCUT2D eigenvalue weighted by atomic mass is 35.5. The molecule has 1 N–H and O–H groups in total. The number of hydrogen-bond acceptors (Lipinski definition) is 6. The summed E-state index contributed by atoms with van der Waals surface area (Å²) in [5.41, 5.74) is 2.85. The molecule has 0 saturated carbocycles. The minimum Gasteiger partial charge on any atom is -0.456 e. The molecule has 5 aromatic rings. The predicted molar refractivity (Wildman–Crippen MR) is 112 cm³/mol. The molecule has 0 unspecified atom stereocenters. The Bertz CT molecular complexity index is 1450. The average Bonchev–Trinajstić information content (AvgIpc) is 3.25. The van der Waals surface area contributed by atoms with Crippen LogP contribution in [0.5, 0.6) is 11.5 Å². The van der Waals surface area contributed by atoms with E-state index in [0.29, 0.717) is 44.5 Å². The van der Waals surface area contributed by atoms with Crippen LogP contribution < -0.4 is 10.3 Å². The summed E-state index contributed by atoms with van der Waals surface area (Å²) in [4.78, 5) is 29.2. The Morgan fingerprint density at radius 1 is 1.17 bits per heavy atom. The number of pyridine rings is 1. The van der Waals surface area contributed by atoms with Gasteiger partial charge in [0.05, 0.1) is 30.3 Å². The smallest absolute Gasteiger partial charge is 0.279 e. The number of benzene rings is 1. The Morgan fingerprint density at radius 2 is 1.97 bits per heavy atom. The second kappa shape index (κ2) is 6.96. The maximum absolute atomic E-state index is 12.8. The van der Waals surface area contributed by atoms with E-state index < -0.39 is 0 Å². The summed E-state index contributed by atoms with van der Waals surface area (Å²) in [6.07, 6.45) is 3.11. The lowest BCUT2D eigenvalue weighted by atomic mass is 10.3. The summed E-state index contributed by atoms with van der Waals surface area (Å²) in [6, 6.07) is 8.87. The van der Waals surface area contributed by atoms with Crippen molar-refractivity contribution in [2.75, 3.05) is 0 Å². The minimum absolute atomic E-state index is 0.178. The molecule has 0 spiro atoms. The molecular weight excluding hydrogens is 406 g/mol. The first-order chi connectivity index (χ1) is 14.5. The van der Waals surface area contributed by atoms with Crippen molar-refractivity contribution < 1.29 is 4.74 Å². The van der Waals surface area contributed by atoms with Gasteiger partial charge in [0, 0.05) is 18.1 Å². The van der Waals surface area contributed by atoms with Crippen LogP contribution in [0.4, 0.5) is 0 Å². The number of aryl methyl sites for hydroxylation is 2. The van der Waals surface area contributed by atoms with E-state index in [1.165, 1.54) is 10.9 Å². The average molecular weight is 422 g/mol. The topological polar surface area (TPSA) is 104 Å². The zero-order chi connectivity index (χ0) is 20.8. The van der Waals surface area contributed by atoms with Crippen molar-refractivity contribution in [2.24, 2.45) is 7.05 Å². The molecule has 10 heteroatoms. The first kappa shape index (κ1) is 18.3. The fraction of sp³-hybridized carbons (Fsp3) is 0.150. The van der Waals surface area contributed by atoms with Gasteiger partial charge in [-0.3, -0.25) is 14.0 Å². The molecule has 30 heavy (non-hydrogen) atoms. The summed E-state index contributed by atoms with van der Waals surface area (Å²) in [5, 5.41) is 4.91. The van der Waals surface area contributed by atoms with Crippen molar-refractivity contribution in [3.05, 3.63) is 69.8 Å². The van der Waals surface area contributed by atoms with E-state index in [1.807, 2.05) is 13.0 Å². The molecule has 0 radical (unpaired) electrons. The molecule has 4 aromatic heterocycles. The largest absolute Gasteiger partial charge is 0.456 e. The Kier molecular flexibility index (Phi) is 4.25. The number of aromatic amines is 1. The van der Waals surface area contributed by atoms with Crippen LogP contribution in [0, 0.1) is 6.92 Å². The highest BCUT2D eigenvalue weighted by molar-refractivity contribution is 6.30. The Labute approximate surface area is 174 Å². The van der Waals surface area contributed by atoms with E-state index in [-0.39, 0.29) is 12.1 Å². The molecular formula is C20H16ClN7O2. The van der Waals surface area contributed by atoms with E-state index >= 15 is 0 Å². The number of nitrogens with zero attached hydrogens (tertiary/aromatic N) is 6. The van der Waals surface area contributed by atoms with Crippen molar-refractivity contribution in [1.82, 2.24) is 34.3 Å². The van der Waals surface area contributed by atoms with Crippen LogP contribution in [0.25, 0.3) is 22.2 Å². The van der Waals surface area contributed by atoms with E-state index in [9.17, 15) is 4.79 Å². The third-order valence-electron chi connectivity index (χ3n) is 4.71. The third kappa shape index (κ3) is 3.18. The molecule has 0 aliphatic rings. The van der Waals surface area contributed by atoms with Gasteiger partial charge in [0.15, 0.2) is 11.2 Å². The van der Waals surface area contributed by atoms with Crippen LogP contribution in [-0.4, -0.2) is 34.3 Å². The number of nitrogens with one attached hydrogen (secondary N) is 1. The van der Waals surface area contributed by atoms with Crippen molar-refractivity contribution in [3.63, 3.8) is 0 Å². The van der Waals surface area contributed by atoms with Gasteiger partial charge in [-0.05, 0) is 31.2 Å². The van der Waals surface area contributed by atoms with Crippen LogP contribution in [0.1, 0.15) is 11.5 Å². The molecule has 0 amide bonds. The van der Waals surface area contributed by atoms with Crippen molar-refractivity contribution >= 4 is 33.8 Å². The lowest BCUT2D eigenvalue weighted by molar-refractivity contribution is 0.481. The summed E-state index contributed by atoms with van der Waals surface area (Å²) in [6.45, 7) is 2.06. The van der Waals surface area contributed by atoms with Gasteiger partial charge >= 0.3 is 0 Å². The number of fused-ring (bicyclic) bond motifs is 2. The maximum Gasteiger partial charge on any atom is 0.279 e. The normalized spacial score (nSPS) is 11.4. The number of aromatic nitrogens is 7. The monoisotopic (exact) mass is 421 g/mol. The van der Waals surface area contributed by atoms with Crippen LogP contribution in [0.3, 0.4) is 0 Å². The zero-order valence-corrected chi connectivity index (χ0v) is 16.9. The van der Waals surface area contributed by atoms with Crippen LogP contribution in [0.15, 0.2) is 47.7 Å². The number of H-pyrrole nitrogens is 1. The molecule has 0 atom stereocenters. The standard InChI is InChI=1S/C20H16ClN7O2/c1-11-17-18(27(2)26-11)20(29)28(10-23-17)9-16-24-15-7-14(8-22-19(15)25-16)30-13-5-3-12(21)4-6-13/h3-8,10H,9H2,1-2H3,(H,22,24,25). The SMILES string of the molecule is Cc1nn(C)c2c(=O)n(Cc3nc4ncc(Oc5ccc(Cl)cc5)cc4[nH]3)cnc12. The maximum atomic E-state index is 12.8. The number of rotatable bonds is 4. The molecule has 4 heterocycles. The molecule has 0 saturated heterocycles. The van der Waals surface area contributed by atoms with Crippen LogP contribution in [0.2, 0.25) is 5.02 Å². The third-order valence-corrected chi connectivity index (χ3v) is 4.96. The molecule has 5 rings (SSSR count). The fourth-order valence-electron chi connectivity index (χ4n) is 3.33. The Balaban J connectivity index is 1.45. The summed E-state index contributed by atoms with van der Waals surface area (Å²) >= 11 is 5.90. The Hall–Kier alpha value is -3.72. The highest BCUT2D eigenvalue weighted by Crippen LogP contribution is 2.24. The van der Waals surface area contributed by atoms with Crippen LogP contribution >= 0.6 is 11.6 Å². The molecule has 0 aliphatic carbocycles. The van der Waals surface area contributed by atoms with Gasteiger partial charge in [-0.15, -0.1) is 0 Å². The van der Waals surface area contributed by atoms with Crippen molar-refractivity contribution in [1.29, 1.82) is 0 Å². The van der Waals surface area contributed by atoms with Gasteiger partial charge in [0.25, 0.3) is 5.56 Å². The van der Waals surface area contributed by atoms with Gasteiger partial charge in [0.2, 0.25) is 0 Å². The lowest BCUT2D eigenvalue weighted by Crippen LogP contribution is -2.23. The molecule has 150 valence electrons. The number of imidazole rings is 1. The van der Waals surface area contributed by atoms with E-state index in [1.54, 1.807) is 42.2 Å². The molecule has 0 aliphatic heterocycles. The van der Waals surface area contributed by atoms with Gasteiger partial charge in [-0.25, -0.2) is 15.0 Å². The quantitative estimate of drug-likeness (QED) is 0.478. The van der Waals surface area contributed by atoms with E-state index in [2.05, 4.69) is 25.0 Å². The molecule has 9 nitrogen and oxygen atoms in total. The first-order valence-electron chi connectivity index (χ1n) is 9.15. The molecule has 0 bridgehead atoms. The molecule has 1 aromatic carbocycles. The van der Waals surface area contributed by atoms with Gasteiger partial charge in [-0.1, -0.05) is 11.6 Å². The van der Waals surface area contributed by atoms with E-state index in [0.717, 1.165) is 5.69 Å². The summed E-state index contributed by atoms with van der Waals surface area (Å²) in [5.74, 6) is 1.80. The van der Waals surface area contributed by atoms with Crippen LogP contribution in [-0.2, 0) is 13.6 Å². The summed E-state index contributed by atoms with van der Waals surface area (Å²) < 4.78 is 8.85. The second-order valence-corrected chi connectivity index (χ2v) is 7.30. The number of ether oxygens (including phenoxy) is 1. The number of hydrogen-bond donors (Lipinski definition) is 1. The first-order valence-corrected chi connectivity index (χ1v) is 9.52.